The molecule has 35 heteroatoms. The number of benzene rings is 3. The lowest BCUT2D eigenvalue weighted by Gasteiger charge is -2.36. The maximum atomic E-state index is 13.6. The molecule has 526 valence electrons. The third kappa shape index (κ3) is 17.1. The highest BCUT2D eigenvalue weighted by Crippen LogP contribution is 2.68. The lowest BCUT2D eigenvalue weighted by molar-refractivity contribution is -0.141. The number of alkyl halides is 18. The van der Waals surface area contributed by atoms with Crippen molar-refractivity contribution in [2.24, 2.45) is 41.0 Å². The summed E-state index contributed by atoms with van der Waals surface area (Å²) in [7, 11) is 1.29. The maximum Gasteiger partial charge on any atom is 0.489 e. The quantitative estimate of drug-likeness (QED) is 0.0282. The molecule has 4 aliphatic carbocycles. The van der Waals surface area contributed by atoms with Crippen molar-refractivity contribution < 1.29 is 118 Å². The van der Waals surface area contributed by atoms with E-state index >= 15 is 0 Å². The van der Waals surface area contributed by atoms with Gasteiger partial charge in [0, 0.05) is 37.5 Å². The average molecular weight is 1400 g/mol. The molecule has 0 aliphatic heterocycles. The second-order valence-corrected chi connectivity index (χ2v) is 26.7. The summed E-state index contributed by atoms with van der Waals surface area (Å²) < 4.78 is 243. The van der Waals surface area contributed by atoms with Gasteiger partial charge in [0.15, 0.2) is 5.78 Å². The van der Waals surface area contributed by atoms with E-state index in [1.807, 2.05) is 33.1 Å². The number of hydrogen-bond acceptors (Lipinski definition) is 11. The minimum atomic E-state index is -4.96. The predicted molar refractivity (Wildman–Crippen MR) is 307 cm³/mol. The number of aromatic nitrogens is 2. The molecule has 0 spiro atoms. The number of anilines is 1. The van der Waals surface area contributed by atoms with Gasteiger partial charge in [-0.25, -0.2) is 30.1 Å². The van der Waals surface area contributed by atoms with Crippen molar-refractivity contribution in [1.82, 2.24) is 19.4 Å². The Kier molecular flexibility index (Phi) is 22.7. The number of halogens is 19. The van der Waals surface area contributed by atoms with Crippen molar-refractivity contribution in [3.8, 4) is 5.69 Å². The van der Waals surface area contributed by atoms with E-state index in [2.05, 4.69) is 13.8 Å². The monoisotopic (exact) mass is 1390 g/mol. The molecule has 94 heavy (non-hydrogen) atoms. The summed E-state index contributed by atoms with van der Waals surface area (Å²) in [5.74, 6) is 4.65. The Morgan fingerprint density at radius 3 is 1.38 bits per heavy atom. The number of ether oxygens (including phenoxy) is 2. The van der Waals surface area contributed by atoms with Crippen molar-refractivity contribution in [3.63, 3.8) is 0 Å². The number of ketones is 1. The number of amides is 2. The zero-order valence-electron chi connectivity index (χ0n) is 53.1. The highest BCUT2D eigenvalue weighted by atomic mass is 35.5. The maximum absolute atomic E-state index is 13.6. The summed E-state index contributed by atoms with van der Waals surface area (Å²) >= 11 is 5.50. The van der Waals surface area contributed by atoms with Crippen LogP contribution in [0, 0.1) is 28.1 Å². The molecule has 1 aromatic heterocycles. The van der Waals surface area contributed by atoms with E-state index in [-0.39, 0.29) is 58.1 Å². The van der Waals surface area contributed by atoms with E-state index < -0.39 is 140 Å². The van der Waals surface area contributed by atoms with E-state index in [1.165, 1.54) is 39.5 Å². The van der Waals surface area contributed by atoms with Gasteiger partial charge in [-0.15, -0.1) is 0 Å². The van der Waals surface area contributed by atoms with Crippen molar-refractivity contribution in [2.75, 3.05) is 19.5 Å². The molecule has 4 aliphatic rings. The topological polar surface area (TPSA) is 199 Å². The molecule has 4 bridgehead atoms. The lowest BCUT2D eigenvalue weighted by atomic mass is 9.70. The van der Waals surface area contributed by atoms with Crippen LogP contribution in [0.15, 0.2) is 59.4 Å². The van der Waals surface area contributed by atoms with Crippen molar-refractivity contribution in [1.29, 1.82) is 0 Å². The number of nitrogens with two attached hydrogens (primary N) is 1. The van der Waals surface area contributed by atoms with E-state index in [4.69, 9.17) is 37.0 Å². The molecular weight excluding hydrogens is 1320 g/mol. The third-order valence-electron chi connectivity index (χ3n) is 17.3. The van der Waals surface area contributed by atoms with Gasteiger partial charge >= 0.3 is 56.4 Å². The second-order valence-electron chi connectivity index (χ2n) is 26.3. The molecule has 5 atom stereocenters. The van der Waals surface area contributed by atoms with Crippen LogP contribution < -0.4 is 22.3 Å². The normalized spacial score (nSPS) is 21.2. The number of carbonyl (C=O) groups excluding carboxylic acids is 4. The Bertz CT molecular complexity index is 3530. The summed E-state index contributed by atoms with van der Waals surface area (Å²) in [6, 6.07) is 2.55. The summed E-state index contributed by atoms with van der Waals surface area (Å²) in [6.45, 7) is 22.1. The van der Waals surface area contributed by atoms with Crippen LogP contribution in [0.25, 0.3) is 5.69 Å². The Morgan fingerprint density at radius 1 is 0.606 bits per heavy atom. The van der Waals surface area contributed by atoms with Gasteiger partial charge in [0.1, 0.15) is 11.2 Å². The molecule has 3 fully saturated rings. The molecule has 4 aromatic rings. The number of Topliss-reactive ketones (excluding diaryl/α,β-unsaturated/α-hetero) is 1. The van der Waals surface area contributed by atoms with Crippen LogP contribution in [-0.2, 0) is 68.6 Å². The smallest absolute Gasteiger partial charge is 0.443 e. The molecule has 8 rings (SSSR count). The number of hydrogen-bond donors (Lipinski definition) is 4. The van der Waals surface area contributed by atoms with Crippen molar-refractivity contribution in [3.05, 3.63) is 110 Å². The summed E-state index contributed by atoms with van der Waals surface area (Å²) in [4.78, 5) is 59.0. The van der Waals surface area contributed by atoms with Crippen LogP contribution in [0.2, 0.25) is 0 Å². The van der Waals surface area contributed by atoms with Gasteiger partial charge in [-0.3, -0.25) is 24.5 Å². The first-order chi connectivity index (χ1) is 41.9. The Labute approximate surface area is 532 Å². The Balaban J connectivity index is 0.000000262. The van der Waals surface area contributed by atoms with E-state index in [0.29, 0.717) is 46.6 Å². The summed E-state index contributed by atoms with van der Waals surface area (Å²) in [6.07, 6.45) is -27.5. The standard InChI is InChI=1S/C20H20F6N2O.C14H16F6N2O2.C11H15ClO2.C8H5BF6O2.C6H14N2O2/c1-17(2)12-7-8-18(17,3)15-14(12)16(29)28(27(15)4)13-9-10(19(21,22)23)5-6-11(13)20(24,25)26;1-12(2,3)24-11(23)22(4)21-10-7-8(13(15,16)17)5-6-9(10)14(18,19)20;1-10(2)6-4-5-11(10,3)8(13)7(6)9(12)14;10-7(11,12)4-1-2-5(8(13,14)15)6(3-4)9(16)17;1-6(2,3)10-5(9)8(4)7/h5-6,9,12H,7-8H2,1-4H3;5-7,21H,1-4H3;6-7H,4-5H2,1-3H3;1-3,16-17H;7H2,1-4H3/t12-,18+;;6-,7?,11+;;/m1.1../s1. The van der Waals surface area contributed by atoms with Crippen LogP contribution in [0.3, 0.4) is 0 Å². The van der Waals surface area contributed by atoms with E-state index in [9.17, 15) is 103 Å². The van der Waals surface area contributed by atoms with Crippen molar-refractivity contribution >= 4 is 53.1 Å². The molecule has 1 heterocycles. The van der Waals surface area contributed by atoms with Gasteiger partial charge in [0.2, 0.25) is 5.24 Å². The highest BCUT2D eigenvalue weighted by Gasteiger charge is 2.68. The SMILES string of the molecule is CC1(C)[C@@H]2CC[C@@]1(C)C(=O)C2C(=O)Cl.CN(N)C(=O)OC(C)(C)C.CN(Nc1cc(C(F)(F)F)ccc1C(F)(F)F)C(=O)OC(C)(C)C.Cn1c2c(c(=O)n1-c1cc(C(F)(F)F)ccc1C(F)(F)F)[C@H]1CC[C@]2(C)C1(C)C.OB(O)c1cc(C(F)(F)F)ccc1C(F)(F)F. The van der Waals surface area contributed by atoms with Crippen LogP contribution in [0.4, 0.5) is 94.3 Å². The van der Waals surface area contributed by atoms with Crippen LogP contribution in [0.5, 0.6) is 0 Å². The first-order valence-electron chi connectivity index (χ1n) is 28.1. The molecule has 0 radical (unpaired) electrons. The van der Waals surface area contributed by atoms with E-state index in [1.54, 1.807) is 20.8 Å². The molecule has 3 saturated carbocycles. The van der Waals surface area contributed by atoms with Gasteiger partial charge in [-0.2, -0.15) is 79.0 Å². The number of fused-ring (bicyclic) bond motifs is 7. The van der Waals surface area contributed by atoms with Gasteiger partial charge in [-0.05, 0) is 162 Å². The van der Waals surface area contributed by atoms with Gasteiger partial charge in [0.05, 0.1) is 56.4 Å². The zero-order valence-corrected chi connectivity index (χ0v) is 53.9. The fourth-order valence-electron chi connectivity index (χ4n) is 11.9. The number of rotatable bonds is 5. The number of carbonyl (C=O) groups is 4. The molecular formula is C59H70BClF18N6O9. The highest BCUT2D eigenvalue weighted by molar-refractivity contribution is 6.65. The van der Waals surface area contributed by atoms with E-state index in [0.717, 1.165) is 42.4 Å². The Hall–Kier alpha value is -6.68. The molecule has 3 aromatic carbocycles. The number of nitrogens with zero attached hydrogens (tertiary/aromatic N) is 4. The number of nitrogens with one attached hydrogen (secondary N) is 1. The minimum absolute atomic E-state index is 0.0630. The molecule has 5 N–H and O–H groups in total. The molecule has 1 unspecified atom stereocenters. The second kappa shape index (κ2) is 26.7. The number of hydrazine groups is 2. The van der Waals surface area contributed by atoms with Gasteiger partial charge < -0.3 is 19.5 Å². The van der Waals surface area contributed by atoms with Gasteiger partial charge in [-0.1, -0.05) is 41.5 Å². The molecule has 2 amide bonds. The molecule has 15 nitrogen and oxygen atoms in total. The van der Waals surface area contributed by atoms with Gasteiger partial charge in [0.25, 0.3) is 5.56 Å². The largest absolute Gasteiger partial charge is 0.489 e. The summed E-state index contributed by atoms with van der Waals surface area (Å²) in [5.41, 5.74) is -11.1. The zero-order chi connectivity index (χ0) is 73.2. The first kappa shape index (κ1) is 79.8. The van der Waals surface area contributed by atoms with Crippen LogP contribution in [-0.4, -0.2) is 85.1 Å². The summed E-state index contributed by atoms with van der Waals surface area (Å²) in [5, 5.41) is 18.3. The third-order valence-corrected chi connectivity index (χ3v) is 17.5. The lowest BCUT2D eigenvalue weighted by Crippen LogP contribution is -2.38. The minimum Gasteiger partial charge on any atom is -0.443 e. The molecule has 0 saturated heterocycles. The van der Waals surface area contributed by atoms with Crippen LogP contribution in [0.1, 0.15) is 159 Å². The Morgan fingerprint density at radius 2 is 1.02 bits per heavy atom. The van der Waals surface area contributed by atoms with Crippen LogP contribution >= 0.6 is 11.6 Å². The van der Waals surface area contributed by atoms with Crippen molar-refractivity contribution in [2.45, 2.75) is 168 Å². The predicted octanol–water partition coefficient (Wildman–Crippen LogP) is 14.8. The average Bonchev–Trinajstić information content (AvgIpc) is 1.52. The fourth-order valence-corrected chi connectivity index (χ4v) is 12.2. The first-order valence-corrected chi connectivity index (χ1v) is 28.5. The fraction of sp³-hybridized carbons (Fsp3) is 0.576.